The molecule has 0 spiro atoms. The van der Waals surface area contributed by atoms with E-state index in [1.807, 2.05) is 0 Å². The molecule has 1 aromatic rings. The highest BCUT2D eigenvalue weighted by Crippen LogP contribution is 2.11. The largest absolute Gasteiger partial charge is 0.548 e. The predicted octanol–water partition coefficient (Wildman–Crippen LogP) is -0.898. The van der Waals surface area contributed by atoms with E-state index in [1.54, 1.807) is 0 Å². The second-order valence-electron chi connectivity index (χ2n) is 2.43. The Bertz CT molecular complexity index is 345. The SMILES string of the molecule is C[C@H](C(=O)[O-])n1cc([N+](=O)[O-])cn1. The first-order chi connectivity index (χ1) is 6.02. The number of nitro groups is 1. The van der Waals surface area contributed by atoms with Gasteiger partial charge in [0.1, 0.15) is 12.4 Å². The van der Waals surface area contributed by atoms with Gasteiger partial charge in [-0.15, -0.1) is 0 Å². The van der Waals surface area contributed by atoms with Gasteiger partial charge in [-0.05, 0) is 6.92 Å². The molecule has 0 amide bonds. The summed E-state index contributed by atoms with van der Waals surface area (Å²) in [6, 6.07) is -1.01. The van der Waals surface area contributed by atoms with E-state index in [4.69, 9.17) is 0 Å². The van der Waals surface area contributed by atoms with Crippen LogP contribution in [0.1, 0.15) is 13.0 Å². The number of carbonyl (C=O) groups excluding carboxylic acids is 1. The summed E-state index contributed by atoms with van der Waals surface area (Å²) in [6.45, 7) is 1.33. The van der Waals surface area contributed by atoms with Crippen molar-refractivity contribution < 1.29 is 14.8 Å². The molecule has 0 bridgehead atoms. The zero-order valence-electron chi connectivity index (χ0n) is 6.71. The van der Waals surface area contributed by atoms with Crippen molar-refractivity contribution in [1.82, 2.24) is 9.78 Å². The zero-order chi connectivity index (χ0) is 10.0. The number of aliphatic carboxylic acids is 1. The van der Waals surface area contributed by atoms with E-state index in [2.05, 4.69) is 5.10 Å². The van der Waals surface area contributed by atoms with Gasteiger partial charge in [-0.25, -0.2) is 0 Å². The molecule has 0 unspecified atom stereocenters. The van der Waals surface area contributed by atoms with Crippen LogP contribution in [0.5, 0.6) is 0 Å². The third-order valence-corrected chi connectivity index (χ3v) is 1.54. The molecule has 1 rings (SSSR count). The van der Waals surface area contributed by atoms with Crippen LogP contribution in [0, 0.1) is 10.1 Å². The summed E-state index contributed by atoms with van der Waals surface area (Å²) in [5, 5.41) is 24.0. The summed E-state index contributed by atoms with van der Waals surface area (Å²) in [7, 11) is 0. The monoisotopic (exact) mass is 184 g/mol. The van der Waals surface area contributed by atoms with E-state index in [9.17, 15) is 20.0 Å². The van der Waals surface area contributed by atoms with Gasteiger partial charge >= 0.3 is 5.69 Å². The highest BCUT2D eigenvalue weighted by atomic mass is 16.6. The summed E-state index contributed by atoms with van der Waals surface area (Å²) in [5.74, 6) is -1.34. The number of carboxylic acid groups (broad SMARTS) is 1. The maximum absolute atomic E-state index is 10.3. The van der Waals surface area contributed by atoms with E-state index in [0.29, 0.717) is 0 Å². The highest BCUT2D eigenvalue weighted by molar-refractivity contribution is 5.68. The van der Waals surface area contributed by atoms with Gasteiger partial charge in [0.25, 0.3) is 0 Å². The van der Waals surface area contributed by atoms with Crippen molar-refractivity contribution in [2.75, 3.05) is 0 Å². The van der Waals surface area contributed by atoms with Crippen LogP contribution in [0.4, 0.5) is 5.69 Å². The maximum Gasteiger partial charge on any atom is 0.307 e. The van der Waals surface area contributed by atoms with Crippen LogP contribution < -0.4 is 5.11 Å². The van der Waals surface area contributed by atoms with Crippen LogP contribution in [-0.4, -0.2) is 20.7 Å². The van der Waals surface area contributed by atoms with Crippen molar-refractivity contribution in [2.24, 2.45) is 0 Å². The maximum atomic E-state index is 10.3. The minimum atomic E-state index is -1.34. The highest BCUT2D eigenvalue weighted by Gasteiger charge is 2.12. The standard InChI is InChI=1S/C6H7N3O4/c1-4(6(10)11)8-3-5(2-7-8)9(12)13/h2-4H,1H3,(H,10,11)/p-1/t4-/m1/s1. The molecule has 0 aliphatic rings. The molecule has 1 heterocycles. The quantitative estimate of drug-likeness (QED) is 0.447. The van der Waals surface area contributed by atoms with Crippen molar-refractivity contribution in [2.45, 2.75) is 13.0 Å². The summed E-state index contributed by atoms with van der Waals surface area (Å²) < 4.78 is 0.966. The van der Waals surface area contributed by atoms with E-state index >= 15 is 0 Å². The lowest BCUT2D eigenvalue weighted by atomic mass is 10.3. The molecule has 7 heteroatoms. The molecule has 13 heavy (non-hydrogen) atoms. The molecule has 0 N–H and O–H groups in total. The first-order valence-electron chi connectivity index (χ1n) is 3.41. The number of carbonyl (C=O) groups is 1. The van der Waals surface area contributed by atoms with Crippen LogP contribution in [0.2, 0.25) is 0 Å². The normalized spacial score (nSPS) is 12.4. The lowest BCUT2D eigenvalue weighted by Gasteiger charge is -2.11. The molecule has 0 saturated heterocycles. The van der Waals surface area contributed by atoms with Gasteiger partial charge < -0.3 is 9.90 Å². The lowest BCUT2D eigenvalue weighted by Crippen LogP contribution is -2.31. The van der Waals surface area contributed by atoms with E-state index in [-0.39, 0.29) is 5.69 Å². The second kappa shape index (κ2) is 3.21. The lowest BCUT2D eigenvalue weighted by molar-refractivity contribution is -0.385. The Morgan fingerprint density at radius 3 is 2.77 bits per heavy atom. The minimum Gasteiger partial charge on any atom is -0.548 e. The van der Waals surface area contributed by atoms with Crippen molar-refractivity contribution in [3.63, 3.8) is 0 Å². The molecule has 0 aliphatic heterocycles. The average Bonchev–Trinajstić information content (AvgIpc) is 2.50. The summed E-state index contributed by atoms with van der Waals surface area (Å²) in [5.41, 5.74) is -0.242. The molecular weight excluding hydrogens is 178 g/mol. The van der Waals surface area contributed by atoms with Crippen molar-refractivity contribution in [1.29, 1.82) is 0 Å². The van der Waals surface area contributed by atoms with Crippen LogP contribution in [0.25, 0.3) is 0 Å². The second-order valence-corrected chi connectivity index (χ2v) is 2.43. The van der Waals surface area contributed by atoms with E-state index in [1.165, 1.54) is 6.92 Å². The first kappa shape index (κ1) is 9.17. The fourth-order valence-corrected chi connectivity index (χ4v) is 0.742. The topological polar surface area (TPSA) is 101 Å². The summed E-state index contributed by atoms with van der Waals surface area (Å²) in [6.07, 6.45) is 2.03. The Kier molecular flexibility index (Phi) is 2.27. The van der Waals surface area contributed by atoms with Crippen molar-refractivity contribution in [3.05, 3.63) is 22.5 Å². The van der Waals surface area contributed by atoms with Crippen LogP contribution in [0.3, 0.4) is 0 Å². The smallest absolute Gasteiger partial charge is 0.307 e. The van der Waals surface area contributed by atoms with Gasteiger partial charge in [0.15, 0.2) is 0 Å². The van der Waals surface area contributed by atoms with Gasteiger partial charge in [0.05, 0.1) is 16.9 Å². The fourth-order valence-electron chi connectivity index (χ4n) is 0.742. The Balaban J connectivity index is 2.91. The molecule has 0 radical (unpaired) electrons. The number of aromatic nitrogens is 2. The van der Waals surface area contributed by atoms with E-state index in [0.717, 1.165) is 17.1 Å². The molecule has 1 atom stereocenters. The Hall–Kier alpha value is -1.92. The van der Waals surface area contributed by atoms with Crippen LogP contribution in [0.15, 0.2) is 12.4 Å². The average molecular weight is 184 g/mol. The minimum absolute atomic E-state index is 0.242. The van der Waals surface area contributed by atoms with Crippen LogP contribution >= 0.6 is 0 Å². The van der Waals surface area contributed by atoms with E-state index < -0.39 is 16.9 Å². The Morgan fingerprint density at radius 1 is 1.77 bits per heavy atom. The van der Waals surface area contributed by atoms with Crippen LogP contribution in [-0.2, 0) is 4.79 Å². The zero-order valence-corrected chi connectivity index (χ0v) is 6.71. The van der Waals surface area contributed by atoms with Gasteiger partial charge in [0.2, 0.25) is 0 Å². The fraction of sp³-hybridized carbons (Fsp3) is 0.333. The van der Waals surface area contributed by atoms with Gasteiger partial charge in [-0.1, -0.05) is 0 Å². The number of hydrogen-bond acceptors (Lipinski definition) is 5. The third-order valence-electron chi connectivity index (χ3n) is 1.54. The van der Waals surface area contributed by atoms with Gasteiger partial charge in [-0.3, -0.25) is 14.8 Å². The number of hydrogen-bond donors (Lipinski definition) is 0. The molecule has 0 aliphatic carbocycles. The van der Waals surface area contributed by atoms with Gasteiger partial charge in [0, 0.05) is 0 Å². The Labute approximate surface area is 72.7 Å². The number of rotatable bonds is 3. The first-order valence-corrected chi connectivity index (χ1v) is 3.41. The Morgan fingerprint density at radius 2 is 2.38 bits per heavy atom. The molecule has 0 saturated carbocycles. The molecule has 1 aromatic heterocycles. The molecule has 7 nitrogen and oxygen atoms in total. The van der Waals surface area contributed by atoms with Crippen molar-refractivity contribution in [3.8, 4) is 0 Å². The van der Waals surface area contributed by atoms with Crippen molar-refractivity contribution >= 4 is 11.7 Å². The summed E-state index contributed by atoms with van der Waals surface area (Å²) in [4.78, 5) is 19.9. The number of nitrogens with zero attached hydrogens (tertiary/aromatic N) is 3. The van der Waals surface area contributed by atoms with Gasteiger partial charge in [-0.2, -0.15) is 5.10 Å². The molecular formula is C6H6N3O4-. The molecule has 0 aromatic carbocycles. The molecule has 0 fully saturated rings. The number of carboxylic acids is 1. The molecule has 70 valence electrons. The summed E-state index contributed by atoms with van der Waals surface area (Å²) >= 11 is 0. The predicted molar refractivity (Wildman–Crippen MR) is 38.6 cm³/mol. The third kappa shape index (κ3) is 1.81.